The van der Waals surface area contributed by atoms with Crippen LogP contribution < -0.4 is 5.73 Å². The molecule has 6 heteroatoms. The Morgan fingerprint density at radius 3 is 2.10 bits per heavy atom. The van der Waals surface area contributed by atoms with Gasteiger partial charge < -0.3 is 10.6 Å². The zero-order valence-electron chi connectivity index (χ0n) is 12.3. The molecule has 0 unspecified atom stereocenters. The van der Waals surface area contributed by atoms with Gasteiger partial charge in [0, 0.05) is 6.04 Å². The second kappa shape index (κ2) is 6.78. The summed E-state index contributed by atoms with van der Waals surface area (Å²) in [5.74, 6) is -0.525. The first kappa shape index (κ1) is 17.3. The Kier molecular flexibility index (Phi) is 5.86. The van der Waals surface area contributed by atoms with Crippen LogP contribution in [0.15, 0.2) is 0 Å². The Hall–Kier alpha value is -0.780. The van der Waals surface area contributed by atoms with Crippen molar-refractivity contribution in [2.45, 2.75) is 76.6 Å². The van der Waals surface area contributed by atoms with E-state index in [1.54, 1.807) is 13.8 Å². The van der Waals surface area contributed by atoms with Gasteiger partial charge in [-0.2, -0.15) is 13.2 Å². The molecule has 0 aliphatic heterocycles. The van der Waals surface area contributed by atoms with Gasteiger partial charge in [0.25, 0.3) is 0 Å². The van der Waals surface area contributed by atoms with Gasteiger partial charge in [-0.25, -0.2) is 0 Å². The largest absolute Gasteiger partial charge is 0.406 e. The summed E-state index contributed by atoms with van der Waals surface area (Å²) < 4.78 is 38.3. The summed E-state index contributed by atoms with van der Waals surface area (Å²) in [5.41, 5.74) is 5.01. The zero-order chi connectivity index (χ0) is 15.4. The number of amides is 1. The van der Waals surface area contributed by atoms with Crippen LogP contribution in [0.3, 0.4) is 0 Å². The zero-order valence-corrected chi connectivity index (χ0v) is 12.3. The van der Waals surface area contributed by atoms with Gasteiger partial charge in [-0.3, -0.25) is 4.79 Å². The summed E-state index contributed by atoms with van der Waals surface area (Å²) in [7, 11) is 0. The lowest BCUT2D eigenvalue weighted by atomic mass is 9.81. The lowest BCUT2D eigenvalue weighted by Crippen LogP contribution is -2.60. The van der Waals surface area contributed by atoms with Crippen molar-refractivity contribution in [3.63, 3.8) is 0 Å². The molecule has 0 aromatic carbocycles. The van der Waals surface area contributed by atoms with Crippen molar-refractivity contribution in [2.75, 3.05) is 6.54 Å². The highest BCUT2D eigenvalue weighted by Gasteiger charge is 2.43. The van der Waals surface area contributed by atoms with Gasteiger partial charge in [0.1, 0.15) is 6.54 Å². The Balaban J connectivity index is 2.93. The van der Waals surface area contributed by atoms with E-state index in [4.69, 9.17) is 5.73 Å². The highest BCUT2D eigenvalue weighted by Crippen LogP contribution is 2.30. The lowest BCUT2D eigenvalue weighted by molar-refractivity contribution is -0.170. The fraction of sp³-hybridized carbons (Fsp3) is 0.929. The van der Waals surface area contributed by atoms with Crippen molar-refractivity contribution in [1.29, 1.82) is 0 Å². The molecule has 1 rings (SSSR count). The Bertz CT molecular complexity index is 321. The molecule has 0 saturated heterocycles. The summed E-state index contributed by atoms with van der Waals surface area (Å²) in [6.45, 7) is 2.40. The number of carbonyl (C=O) groups excluding carboxylic acids is 1. The van der Waals surface area contributed by atoms with Crippen molar-refractivity contribution in [3.05, 3.63) is 0 Å². The first-order valence-corrected chi connectivity index (χ1v) is 7.40. The molecule has 1 fully saturated rings. The molecule has 0 radical (unpaired) electrons. The standard InChI is InChI=1S/C14H25F3N2O/c1-3-11(4-2)19(10-14(15,16)17)12(20)13(18)8-6-5-7-9-13/h11H,3-10,18H2,1-2H3. The molecule has 0 aromatic heterocycles. The first-order valence-electron chi connectivity index (χ1n) is 7.40. The fourth-order valence-corrected chi connectivity index (χ4v) is 2.97. The van der Waals surface area contributed by atoms with E-state index in [0.29, 0.717) is 25.7 Å². The molecule has 3 nitrogen and oxygen atoms in total. The topological polar surface area (TPSA) is 46.3 Å². The molecule has 1 amide bonds. The number of hydrogen-bond donors (Lipinski definition) is 1. The molecule has 0 aromatic rings. The lowest BCUT2D eigenvalue weighted by Gasteiger charge is -2.40. The van der Waals surface area contributed by atoms with Gasteiger partial charge in [0.2, 0.25) is 5.91 Å². The summed E-state index contributed by atoms with van der Waals surface area (Å²) in [4.78, 5) is 13.5. The molecule has 0 atom stereocenters. The minimum atomic E-state index is -4.39. The number of rotatable bonds is 5. The average Bonchev–Trinajstić information content (AvgIpc) is 2.37. The Labute approximate surface area is 118 Å². The van der Waals surface area contributed by atoms with Gasteiger partial charge in [-0.15, -0.1) is 0 Å². The van der Waals surface area contributed by atoms with Crippen molar-refractivity contribution in [2.24, 2.45) is 5.73 Å². The second-order valence-corrected chi connectivity index (χ2v) is 5.74. The fourth-order valence-electron chi connectivity index (χ4n) is 2.97. The number of alkyl halides is 3. The maximum atomic E-state index is 12.8. The van der Waals surface area contributed by atoms with E-state index >= 15 is 0 Å². The molecule has 20 heavy (non-hydrogen) atoms. The van der Waals surface area contributed by atoms with Gasteiger partial charge in [0.05, 0.1) is 5.54 Å². The normalized spacial score (nSPS) is 19.1. The van der Waals surface area contributed by atoms with Crippen LogP contribution in [0.25, 0.3) is 0 Å². The molecule has 1 aliphatic rings. The maximum absolute atomic E-state index is 12.8. The minimum absolute atomic E-state index is 0.397. The van der Waals surface area contributed by atoms with E-state index in [9.17, 15) is 18.0 Å². The van der Waals surface area contributed by atoms with Crippen LogP contribution in [0.1, 0.15) is 58.8 Å². The van der Waals surface area contributed by atoms with Crippen LogP contribution >= 0.6 is 0 Å². The predicted octanol–water partition coefficient (Wildman–Crippen LogP) is 3.23. The Morgan fingerprint density at radius 2 is 1.70 bits per heavy atom. The van der Waals surface area contributed by atoms with Crippen LogP contribution in [0.5, 0.6) is 0 Å². The number of carbonyl (C=O) groups is 1. The summed E-state index contributed by atoms with van der Waals surface area (Å²) in [6.07, 6.45) is 0.221. The van der Waals surface area contributed by atoms with E-state index in [1.165, 1.54) is 0 Å². The highest BCUT2D eigenvalue weighted by atomic mass is 19.4. The highest BCUT2D eigenvalue weighted by molar-refractivity contribution is 5.86. The quantitative estimate of drug-likeness (QED) is 0.846. The van der Waals surface area contributed by atoms with E-state index in [1.807, 2.05) is 0 Å². The number of hydrogen-bond acceptors (Lipinski definition) is 2. The molecule has 0 spiro atoms. The molecule has 1 saturated carbocycles. The third kappa shape index (κ3) is 4.36. The smallest absolute Gasteiger partial charge is 0.329 e. The van der Waals surface area contributed by atoms with Crippen molar-refractivity contribution in [3.8, 4) is 0 Å². The third-order valence-electron chi connectivity index (χ3n) is 4.17. The maximum Gasteiger partial charge on any atom is 0.406 e. The SMILES string of the molecule is CCC(CC)N(CC(F)(F)F)C(=O)C1(N)CCCCC1. The molecule has 2 N–H and O–H groups in total. The van der Waals surface area contributed by atoms with Crippen LogP contribution in [0.4, 0.5) is 13.2 Å². The van der Waals surface area contributed by atoms with E-state index < -0.39 is 30.2 Å². The van der Waals surface area contributed by atoms with Crippen molar-refractivity contribution < 1.29 is 18.0 Å². The number of halogens is 3. The van der Waals surface area contributed by atoms with Gasteiger partial charge >= 0.3 is 6.18 Å². The van der Waals surface area contributed by atoms with Crippen molar-refractivity contribution >= 4 is 5.91 Å². The predicted molar refractivity (Wildman–Crippen MR) is 72.1 cm³/mol. The Morgan fingerprint density at radius 1 is 1.20 bits per heavy atom. The molecule has 118 valence electrons. The van der Waals surface area contributed by atoms with E-state index in [2.05, 4.69) is 0 Å². The summed E-state index contributed by atoms with van der Waals surface area (Å²) in [5, 5.41) is 0. The molecular formula is C14H25F3N2O. The van der Waals surface area contributed by atoms with Crippen LogP contribution in [-0.4, -0.2) is 35.1 Å². The van der Waals surface area contributed by atoms with Gasteiger partial charge in [0.15, 0.2) is 0 Å². The van der Waals surface area contributed by atoms with Gasteiger partial charge in [-0.05, 0) is 25.7 Å². The molecular weight excluding hydrogens is 269 g/mol. The first-order chi connectivity index (χ1) is 9.23. The molecule has 0 bridgehead atoms. The molecule has 0 heterocycles. The minimum Gasteiger partial charge on any atom is -0.329 e. The van der Waals surface area contributed by atoms with Crippen LogP contribution in [0.2, 0.25) is 0 Å². The van der Waals surface area contributed by atoms with Crippen LogP contribution in [0, 0.1) is 0 Å². The van der Waals surface area contributed by atoms with Gasteiger partial charge in [-0.1, -0.05) is 33.1 Å². The second-order valence-electron chi connectivity index (χ2n) is 5.74. The number of nitrogens with zero attached hydrogens (tertiary/aromatic N) is 1. The monoisotopic (exact) mass is 294 g/mol. The average molecular weight is 294 g/mol. The third-order valence-corrected chi connectivity index (χ3v) is 4.17. The van der Waals surface area contributed by atoms with E-state index in [0.717, 1.165) is 24.2 Å². The molecule has 1 aliphatic carbocycles. The van der Waals surface area contributed by atoms with Crippen molar-refractivity contribution in [1.82, 2.24) is 4.90 Å². The van der Waals surface area contributed by atoms with E-state index in [-0.39, 0.29) is 0 Å². The summed E-state index contributed by atoms with van der Waals surface area (Å²) >= 11 is 0. The van der Waals surface area contributed by atoms with Crippen LogP contribution in [-0.2, 0) is 4.79 Å². The summed E-state index contributed by atoms with van der Waals surface area (Å²) in [6, 6.07) is -0.397. The number of nitrogens with two attached hydrogens (primary N) is 1.